The second-order valence-corrected chi connectivity index (χ2v) is 4.18. The smallest absolute Gasteiger partial charge is 0.300 e. The molecule has 108 valence electrons. The monoisotopic (exact) mass is 297 g/mol. The quantitative estimate of drug-likeness (QED) is 0.430. The zero-order valence-electron chi connectivity index (χ0n) is 10.3. The molecule has 2 aromatic carbocycles. The Bertz CT molecular complexity index is 821. The van der Waals surface area contributed by atoms with E-state index in [-0.39, 0.29) is 28.9 Å². The van der Waals surface area contributed by atoms with Crippen LogP contribution in [0.5, 0.6) is 0 Å². The lowest BCUT2D eigenvalue weighted by molar-refractivity contribution is 0.458. The van der Waals surface area contributed by atoms with Gasteiger partial charge in [-0.1, -0.05) is 6.07 Å². The van der Waals surface area contributed by atoms with Crippen LogP contribution in [0.15, 0.2) is 28.7 Å². The van der Waals surface area contributed by atoms with Gasteiger partial charge in [-0.15, -0.1) is 0 Å². The van der Waals surface area contributed by atoms with Gasteiger partial charge in [0.2, 0.25) is 0 Å². The van der Waals surface area contributed by atoms with Crippen LogP contribution in [-0.2, 0) is 0 Å². The van der Waals surface area contributed by atoms with Crippen molar-refractivity contribution in [2.45, 2.75) is 0 Å². The Balaban J connectivity index is 2.09. The Morgan fingerprint density at radius 3 is 2.33 bits per heavy atom. The summed E-state index contributed by atoms with van der Waals surface area (Å²) in [5.74, 6) is -6.23. The van der Waals surface area contributed by atoms with Crippen molar-refractivity contribution in [3.8, 4) is 0 Å². The SMILES string of the molecule is Nc1cccc2oc(Nc3c(F)c(F)cc(F)c3F)nc12. The summed E-state index contributed by atoms with van der Waals surface area (Å²) in [6.45, 7) is 0. The summed E-state index contributed by atoms with van der Waals surface area (Å²) in [5.41, 5.74) is 5.43. The Kier molecular flexibility index (Phi) is 2.93. The molecule has 0 amide bonds. The molecule has 4 nitrogen and oxygen atoms in total. The number of halogens is 4. The van der Waals surface area contributed by atoms with Crippen molar-refractivity contribution >= 4 is 28.5 Å². The van der Waals surface area contributed by atoms with Crippen LogP contribution in [0.4, 0.5) is 35.0 Å². The van der Waals surface area contributed by atoms with Gasteiger partial charge in [0.25, 0.3) is 0 Å². The molecule has 0 fully saturated rings. The van der Waals surface area contributed by atoms with E-state index in [0.717, 1.165) is 0 Å². The summed E-state index contributed by atoms with van der Waals surface area (Å²) in [4.78, 5) is 3.87. The maximum Gasteiger partial charge on any atom is 0.300 e. The molecule has 0 spiro atoms. The largest absolute Gasteiger partial charge is 0.423 e. The Morgan fingerprint density at radius 1 is 1.05 bits per heavy atom. The first-order chi connectivity index (χ1) is 9.97. The molecule has 0 saturated heterocycles. The lowest BCUT2D eigenvalue weighted by Gasteiger charge is -2.06. The van der Waals surface area contributed by atoms with Crippen LogP contribution in [0.2, 0.25) is 0 Å². The van der Waals surface area contributed by atoms with Gasteiger partial charge in [-0.25, -0.2) is 17.6 Å². The summed E-state index contributed by atoms with van der Waals surface area (Å²) in [7, 11) is 0. The number of nitrogens with one attached hydrogen (secondary N) is 1. The molecule has 0 aliphatic heterocycles. The fraction of sp³-hybridized carbons (Fsp3) is 0. The highest BCUT2D eigenvalue weighted by Gasteiger charge is 2.21. The molecule has 0 atom stereocenters. The lowest BCUT2D eigenvalue weighted by atomic mass is 10.2. The minimum absolute atomic E-state index is 0.111. The van der Waals surface area contributed by atoms with Crippen LogP contribution in [-0.4, -0.2) is 4.98 Å². The van der Waals surface area contributed by atoms with E-state index in [1.807, 2.05) is 0 Å². The first-order valence-corrected chi connectivity index (χ1v) is 5.72. The average Bonchev–Trinajstić information content (AvgIpc) is 2.86. The maximum atomic E-state index is 13.5. The molecule has 0 aliphatic rings. The number of aromatic nitrogens is 1. The number of para-hydroxylation sites is 1. The van der Waals surface area contributed by atoms with E-state index in [0.29, 0.717) is 0 Å². The van der Waals surface area contributed by atoms with Crippen LogP contribution in [0, 0.1) is 23.3 Å². The summed E-state index contributed by atoms with van der Waals surface area (Å²) < 4.78 is 58.4. The highest BCUT2D eigenvalue weighted by Crippen LogP contribution is 2.30. The highest BCUT2D eigenvalue weighted by molar-refractivity contribution is 5.86. The number of anilines is 3. The molecule has 8 heteroatoms. The molecule has 3 rings (SSSR count). The Hall–Kier alpha value is -2.77. The van der Waals surface area contributed by atoms with Gasteiger partial charge in [0.05, 0.1) is 5.69 Å². The maximum absolute atomic E-state index is 13.5. The number of nitrogens with two attached hydrogens (primary N) is 1. The fourth-order valence-corrected chi connectivity index (χ4v) is 1.81. The van der Waals surface area contributed by atoms with E-state index >= 15 is 0 Å². The van der Waals surface area contributed by atoms with Crippen LogP contribution in [0.25, 0.3) is 11.1 Å². The standard InChI is InChI=1S/C13H7F4N3O/c14-5-4-6(15)10(17)12(9(5)16)20-13-19-11-7(18)2-1-3-8(11)21-13/h1-4H,18H2,(H,19,20). The Labute approximate surface area is 115 Å². The van der Waals surface area contributed by atoms with Crippen molar-refractivity contribution in [2.24, 2.45) is 0 Å². The van der Waals surface area contributed by atoms with Crippen LogP contribution in [0.3, 0.4) is 0 Å². The highest BCUT2D eigenvalue weighted by atomic mass is 19.2. The van der Waals surface area contributed by atoms with E-state index in [4.69, 9.17) is 10.2 Å². The van der Waals surface area contributed by atoms with Gasteiger partial charge in [0.1, 0.15) is 11.2 Å². The zero-order valence-corrected chi connectivity index (χ0v) is 10.3. The van der Waals surface area contributed by atoms with E-state index in [1.165, 1.54) is 6.07 Å². The van der Waals surface area contributed by atoms with Crippen molar-refractivity contribution in [1.82, 2.24) is 4.98 Å². The molecule has 0 aliphatic carbocycles. The first kappa shape index (κ1) is 13.2. The van der Waals surface area contributed by atoms with Gasteiger partial charge >= 0.3 is 6.01 Å². The van der Waals surface area contributed by atoms with E-state index in [2.05, 4.69) is 10.3 Å². The van der Waals surface area contributed by atoms with Crippen LogP contribution < -0.4 is 11.1 Å². The van der Waals surface area contributed by atoms with E-state index in [9.17, 15) is 17.6 Å². The number of benzene rings is 2. The van der Waals surface area contributed by atoms with Crippen molar-refractivity contribution in [3.63, 3.8) is 0 Å². The molecule has 3 N–H and O–H groups in total. The van der Waals surface area contributed by atoms with Crippen molar-refractivity contribution in [1.29, 1.82) is 0 Å². The number of fused-ring (bicyclic) bond motifs is 1. The zero-order chi connectivity index (χ0) is 15.1. The number of nitrogen functional groups attached to an aromatic ring is 1. The van der Waals surface area contributed by atoms with Crippen LogP contribution >= 0.6 is 0 Å². The minimum Gasteiger partial charge on any atom is -0.423 e. The summed E-state index contributed by atoms with van der Waals surface area (Å²) in [6.07, 6.45) is 0. The number of oxazole rings is 1. The molecule has 1 heterocycles. The molecular formula is C13H7F4N3O. The molecule has 1 aromatic heterocycles. The molecule has 0 bridgehead atoms. The summed E-state index contributed by atoms with van der Waals surface area (Å²) >= 11 is 0. The summed E-state index contributed by atoms with van der Waals surface area (Å²) in [6, 6.07) is 4.45. The second kappa shape index (κ2) is 4.65. The van der Waals surface area contributed by atoms with Crippen molar-refractivity contribution in [3.05, 3.63) is 47.5 Å². The molecule has 0 unspecified atom stereocenters. The number of hydrogen-bond donors (Lipinski definition) is 2. The second-order valence-electron chi connectivity index (χ2n) is 4.18. The third-order valence-electron chi connectivity index (χ3n) is 2.79. The predicted molar refractivity (Wildman–Crippen MR) is 68.0 cm³/mol. The normalized spacial score (nSPS) is 11.0. The predicted octanol–water partition coefficient (Wildman–Crippen LogP) is 3.71. The van der Waals surface area contributed by atoms with Gasteiger partial charge in [-0.3, -0.25) is 0 Å². The van der Waals surface area contributed by atoms with Gasteiger partial charge < -0.3 is 15.5 Å². The lowest BCUT2D eigenvalue weighted by Crippen LogP contribution is -2.03. The first-order valence-electron chi connectivity index (χ1n) is 5.72. The number of hydrogen-bond acceptors (Lipinski definition) is 4. The number of nitrogens with zero attached hydrogens (tertiary/aromatic N) is 1. The minimum atomic E-state index is -1.58. The molecule has 0 saturated carbocycles. The van der Waals surface area contributed by atoms with Crippen LogP contribution in [0.1, 0.15) is 0 Å². The van der Waals surface area contributed by atoms with E-state index in [1.54, 1.807) is 12.1 Å². The molecule has 3 aromatic rings. The molecule has 0 radical (unpaired) electrons. The third kappa shape index (κ3) is 2.14. The van der Waals surface area contributed by atoms with Crippen molar-refractivity contribution in [2.75, 3.05) is 11.1 Å². The topological polar surface area (TPSA) is 64.1 Å². The molecule has 21 heavy (non-hydrogen) atoms. The van der Waals surface area contributed by atoms with Gasteiger partial charge in [-0.2, -0.15) is 4.98 Å². The van der Waals surface area contributed by atoms with Gasteiger partial charge in [-0.05, 0) is 12.1 Å². The van der Waals surface area contributed by atoms with E-state index < -0.39 is 29.0 Å². The van der Waals surface area contributed by atoms with Gasteiger partial charge in [0.15, 0.2) is 28.9 Å². The molecular weight excluding hydrogens is 290 g/mol. The average molecular weight is 297 g/mol. The Morgan fingerprint density at radius 2 is 1.71 bits per heavy atom. The fourth-order valence-electron chi connectivity index (χ4n) is 1.81. The summed E-state index contributed by atoms with van der Waals surface area (Å²) in [5, 5.41) is 2.08. The number of rotatable bonds is 2. The van der Waals surface area contributed by atoms with Gasteiger partial charge in [0, 0.05) is 6.07 Å². The third-order valence-corrected chi connectivity index (χ3v) is 2.79. The van der Waals surface area contributed by atoms with Crippen molar-refractivity contribution < 1.29 is 22.0 Å².